The molecule has 0 radical (unpaired) electrons. The molecule has 10 heteroatoms. The monoisotopic (exact) mass is 600 g/mol. The first-order valence-electron chi connectivity index (χ1n) is 13.7. The van der Waals surface area contributed by atoms with Gasteiger partial charge in [0.05, 0.1) is 40.6 Å². The summed E-state index contributed by atoms with van der Waals surface area (Å²) in [5, 5.41) is 0. The fourth-order valence-electron chi connectivity index (χ4n) is 4.72. The highest BCUT2D eigenvalue weighted by Crippen LogP contribution is 2.30. The van der Waals surface area contributed by atoms with Gasteiger partial charge in [-0.1, -0.05) is 47.7 Å². The molecule has 0 unspecified atom stereocenters. The highest BCUT2D eigenvalue weighted by molar-refractivity contribution is 7.07. The minimum absolute atomic E-state index is 0.160. The van der Waals surface area contributed by atoms with Crippen LogP contribution in [0.15, 0.2) is 93.9 Å². The van der Waals surface area contributed by atoms with Gasteiger partial charge in [-0.3, -0.25) is 9.36 Å². The molecule has 43 heavy (non-hydrogen) atoms. The number of allylic oxidation sites excluding steroid dienone is 1. The van der Waals surface area contributed by atoms with Gasteiger partial charge >= 0.3 is 11.9 Å². The van der Waals surface area contributed by atoms with Gasteiger partial charge < -0.3 is 14.2 Å². The summed E-state index contributed by atoms with van der Waals surface area (Å²) < 4.78 is 31.9. The van der Waals surface area contributed by atoms with Gasteiger partial charge in [0, 0.05) is 0 Å². The summed E-state index contributed by atoms with van der Waals surface area (Å²) >= 11 is 1.20. The average molecular weight is 601 g/mol. The first-order valence-corrected chi connectivity index (χ1v) is 14.5. The van der Waals surface area contributed by atoms with Crippen molar-refractivity contribution < 1.29 is 28.2 Å². The van der Waals surface area contributed by atoms with E-state index in [-0.39, 0.29) is 30.3 Å². The quantitative estimate of drug-likeness (QED) is 0.259. The molecule has 1 aromatic heterocycles. The molecule has 0 bridgehead atoms. The lowest BCUT2D eigenvalue weighted by molar-refractivity contribution is -0.139. The van der Waals surface area contributed by atoms with Crippen molar-refractivity contribution in [1.82, 2.24) is 4.57 Å². The molecule has 0 aliphatic carbocycles. The summed E-state index contributed by atoms with van der Waals surface area (Å²) in [6.45, 7) is 5.91. The number of fused-ring (bicyclic) bond motifs is 1. The Balaban J connectivity index is 1.45. The van der Waals surface area contributed by atoms with Crippen molar-refractivity contribution in [3.05, 3.63) is 132 Å². The van der Waals surface area contributed by atoms with Crippen molar-refractivity contribution in [2.45, 2.75) is 33.4 Å². The number of aromatic nitrogens is 1. The first kappa shape index (κ1) is 29.7. The highest BCUT2D eigenvalue weighted by Gasteiger charge is 2.33. The fourth-order valence-corrected chi connectivity index (χ4v) is 5.76. The number of nitrogens with zero attached hydrogens (tertiary/aromatic N) is 2. The molecular weight excluding hydrogens is 571 g/mol. The molecule has 0 saturated carbocycles. The molecular formula is C33H29FN2O6S. The minimum Gasteiger partial charge on any atom is -0.489 e. The van der Waals surface area contributed by atoms with Crippen LogP contribution < -0.4 is 19.6 Å². The van der Waals surface area contributed by atoms with E-state index in [2.05, 4.69) is 4.99 Å². The Morgan fingerprint density at radius 2 is 1.67 bits per heavy atom. The van der Waals surface area contributed by atoms with Gasteiger partial charge in [-0.25, -0.2) is 19.0 Å². The maximum atomic E-state index is 13.8. The third kappa shape index (κ3) is 6.49. The zero-order valence-electron chi connectivity index (χ0n) is 23.8. The largest absolute Gasteiger partial charge is 0.489 e. The second-order valence-corrected chi connectivity index (χ2v) is 10.6. The number of ether oxygens (including phenoxy) is 3. The number of halogens is 1. The molecule has 5 rings (SSSR count). The van der Waals surface area contributed by atoms with Crippen LogP contribution in [0.25, 0.3) is 6.08 Å². The van der Waals surface area contributed by atoms with Crippen molar-refractivity contribution in [3.8, 4) is 5.75 Å². The van der Waals surface area contributed by atoms with Crippen molar-refractivity contribution >= 4 is 29.4 Å². The van der Waals surface area contributed by atoms with Gasteiger partial charge in [-0.15, -0.1) is 0 Å². The summed E-state index contributed by atoms with van der Waals surface area (Å²) in [7, 11) is 0. The Bertz CT molecular complexity index is 1870. The highest BCUT2D eigenvalue weighted by atomic mass is 32.1. The summed E-state index contributed by atoms with van der Waals surface area (Å²) in [5.74, 6) is -0.775. The number of benzene rings is 3. The average Bonchev–Trinajstić information content (AvgIpc) is 3.30. The van der Waals surface area contributed by atoms with Crippen molar-refractivity contribution in [2.75, 3.05) is 13.2 Å². The van der Waals surface area contributed by atoms with Crippen LogP contribution in [0.4, 0.5) is 4.39 Å². The van der Waals surface area contributed by atoms with Gasteiger partial charge in [0.25, 0.3) is 5.56 Å². The zero-order chi connectivity index (χ0) is 30.5. The second-order valence-electron chi connectivity index (χ2n) is 9.63. The summed E-state index contributed by atoms with van der Waals surface area (Å²) in [6, 6.07) is 19.2. The summed E-state index contributed by atoms with van der Waals surface area (Å²) in [5.41, 5.74) is 2.99. The topological polar surface area (TPSA) is 96.2 Å². The molecule has 1 aliphatic heterocycles. The molecule has 0 amide bonds. The predicted molar refractivity (Wildman–Crippen MR) is 160 cm³/mol. The van der Waals surface area contributed by atoms with Crippen LogP contribution in [0.2, 0.25) is 0 Å². The Labute approximate surface area is 251 Å². The number of carbonyl (C=O) groups is 2. The van der Waals surface area contributed by atoms with E-state index in [0.717, 1.165) is 11.1 Å². The summed E-state index contributed by atoms with van der Waals surface area (Å²) in [6.07, 6.45) is 1.75. The maximum absolute atomic E-state index is 13.8. The predicted octanol–water partition coefficient (Wildman–Crippen LogP) is 4.69. The van der Waals surface area contributed by atoms with Crippen LogP contribution in [0.1, 0.15) is 53.9 Å². The lowest BCUT2D eigenvalue weighted by atomic mass is 9.96. The van der Waals surface area contributed by atoms with Crippen LogP contribution >= 0.6 is 11.3 Å². The SMILES string of the molecule is CCOC(=O)C1=C(C)N=c2s/c(=C\c3cccc(OCc4ccc(C(=O)OCC)cc4)c3)c(=O)n2[C@H]1c1ccc(F)cc1. The Kier molecular flexibility index (Phi) is 8.96. The third-order valence-electron chi connectivity index (χ3n) is 6.73. The number of esters is 2. The fraction of sp³-hybridized carbons (Fsp3) is 0.212. The number of thiazole rings is 1. The van der Waals surface area contributed by atoms with E-state index in [4.69, 9.17) is 14.2 Å². The molecule has 1 aliphatic rings. The molecule has 3 aromatic carbocycles. The van der Waals surface area contributed by atoms with E-state index < -0.39 is 17.8 Å². The van der Waals surface area contributed by atoms with E-state index >= 15 is 0 Å². The van der Waals surface area contributed by atoms with Crippen LogP contribution in [0.3, 0.4) is 0 Å². The lowest BCUT2D eigenvalue weighted by Crippen LogP contribution is -2.39. The standard InChI is InChI=1S/C33H29FN2O6S/c1-4-40-31(38)24-11-9-21(10-12-24)19-42-26-8-6-7-22(17-26)18-27-30(37)36-29(23-13-15-25(34)16-14-23)28(32(39)41-5-2)20(3)35-33(36)43-27/h6-18,29H,4-5,19H2,1-3H3/b27-18-/t29-/m0/s1. The van der Waals surface area contributed by atoms with Crippen LogP contribution in [-0.4, -0.2) is 29.7 Å². The van der Waals surface area contributed by atoms with Crippen molar-refractivity contribution in [1.29, 1.82) is 0 Å². The molecule has 4 aromatic rings. The van der Waals surface area contributed by atoms with Gasteiger partial charge in [-0.2, -0.15) is 0 Å². The normalized spacial score (nSPS) is 14.6. The smallest absolute Gasteiger partial charge is 0.338 e. The number of hydrogen-bond donors (Lipinski definition) is 0. The minimum atomic E-state index is -0.817. The number of rotatable bonds is 9. The molecule has 8 nitrogen and oxygen atoms in total. The third-order valence-corrected chi connectivity index (χ3v) is 7.71. The zero-order valence-corrected chi connectivity index (χ0v) is 24.7. The van der Waals surface area contributed by atoms with Gasteiger partial charge in [0.15, 0.2) is 4.80 Å². The Morgan fingerprint density at radius 3 is 2.37 bits per heavy atom. The van der Waals surface area contributed by atoms with E-state index in [1.807, 2.05) is 24.3 Å². The lowest BCUT2D eigenvalue weighted by Gasteiger charge is -2.24. The first-order chi connectivity index (χ1) is 20.8. The number of hydrogen-bond acceptors (Lipinski definition) is 8. The van der Waals surface area contributed by atoms with Gasteiger partial charge in [-0.05, 0) is 79.9 Å². The maximum Gasteiger partial charge on any atom is 0.338 e. The number of carbonyl (C=O) groups excluding carboxylic acids is 2. The van der Waals surface area contributed by atoms with E-state index in [1.54, 1.807) is 63.2 Å². The molecule has 0 N–H and O–H groups in total. The van der Waals surface area contributed by atoms with Crippen LogP contribution in [-0.2, 0) is 20.9 Å². The van der Waals surface area contributed by atoms with Gasteiger partial charge in [0.1, 0.15) is 18.2 Å². The molecule has 0 fully saturated rings. The molecule has 0 spiro atoms. The van der Waals surface area contributed by atoms with Crippen molar-refractivity contribution in [3.63, 3.8) is 0 Å². The van der Waals surface area contributed by atoms with Crippen LogP contribution in [0, 0.1) is 5.82 Å². The Morgan fingerprint density at radius 1 is 0.977 bits per heavy atom. The molecule has 220 valence electrons. The van der Waals surface area contributed by atoms with E-state index in [9.17, 15) is 18.8 Å². The van der Waals surface area contributed by atoms with Gasteiger partial charge in [0.2, 0.25) is 0 Å². The van der Waals surface area contributed by atoms with E-state index in [0.29, 0.717) is 38.5 Å². The molecule has 2 heterocycles. The molecule has 1 atom stereocenters. The second kappa shape index (κ2) is 13.0. The van der Waals surface area contributed by atoms with E-state index in [1.165, 1.54) is 28.0 Å². The molecule has 0 saturated heterocycles. The summed E-state index contributed by atoms with van der Waals surface area (Å²) in [4.78, 5) is 43.6. The van der Waals surface area contributed by atoms with Crippen molar-refractivity contribution in [2.24, 2.45) is 4.99 Å². The Hall–Kier alpha value is -4.83. The van der Waals surface area contributed by atoms with Crippen LogP contribution in [0.5, 0.6) is 5.75 Å².